The third kappa shape index (κ3) is 5.35. The molecule has 0 saturated carbocycles. The van der Waals surface area contributed by atoms with Gasteiger partial charge < -0.3 is 14.8 Å². The number of fused-ring (bicyclic) bond motifs is 1. The smallest absolute Gasteiger partial charge is 0.194 e. The van der Waals surface area contributed by atoms with Crippen LogP contribution < -0.4 is 14.8 Å². The number of hydrogen-bond donors (Lipinski definition) is 1. The summed E-state index contributed by atoms with van der Waals surface area (Å²) in [6.07, 6.45) is 4.58. The molecule has 1 N–H and O–H groups in total. The summed E-state index contributed by atoms with van der Waals surface area (Å²) in [6.45, 7) is 1.66. The van der Waals surface area contributed by atoms with E-state index in [1.54, 1.807) is 55.6 Å². The zero-order valence-electron chi connectivity index (χ0n) is 20.7. The summed E-state index contributed by atoms with van der Waals surface area (Å²) < 4.78 is 40.2. The maximum atomic E-state index is 14.8. The van der Waals surface area contributed by atoms with E-state index in [4.69, 9.17) is 9.47 Å². The Morgan fingerprint density at radius 2 is 1.76 bits per heavy atom. The summed E-state index contributed by atoms with van der Waals surface area (Å²) in [4.78, 5) is 13.8. The van der Waals surface area contributed by atoms with Crippen molar-refractivity contribution in [3.05, 3.63) is 95.6 Å². The summed E-state index contributed by atoms with van der Waals surface area (Å²) in [7, 11) is 1.57. The molecule has 1 aliphatic rings. The van der Waals surface area contributed by atoms with Crippen molar-refractivity contribution in [3.8, 4) is 22.6 Å². The molecule has 4 aromatic carbocycles. The number of hydrogen-bond acceptors (Lipinski definition) is 4. The fraction of sp³-hybridized carbons (Fsp3) is 0.258. The highest BCUT2D eigenvalue weighted by Crippen LogP contribution is 2.35. The molecule has 1 atom stereocenters. The molecule has 4 nitrogen and oxygen atoms in total. The molecule has 190 valence electrons. The molecule has 1 heterocycles. The van der Waals surface area contributed by atoms with Gasteiger partial charge in [-0.2, -0.15) is 0 Å². The molecule has 0 bridgehead atoms. The van der Waals surface area contributed by atoms with Crippen LogP contribution >= 0.6 is 0 Å². The van der Waals surface area contributed by atoms with Crippen LogP contribution in [-0.2, 0) is 0 Å². The number of carbonyl (C=O) groups is 1. The van der Waals surface area contributed by atoms with E-state index in [0.717, 1.165) is 24.4 Å². The van der Waals surface area contributed by atoms with Gasteiger partial charge in [-0.25, -0.2) is 8.78 Å². The fourth-order valence-electron chi connectivity index (χ4n) is 4.95. The molecule has 4 aromatic rings. The molecule has 37 heavy (non-hydrogen) atoms. The predicted octanol–water partition coefficient (Wildman–Crippen LogP) is 6.94. The SMILES string of the molecule is COc1ccc2c(C(=O)c3ccc(OCCC4CCCCN4)cc3)c(-c3cccc(F)c3F)ccc2c1. The summed E-state index contributed by atoms with van der Waals surface area (Å²) in [5.41, 5.74) is 1.11. The number of methoxy groups -OCH3 is 1. The van der Waals surface area contributed by atoms with Gasteiger partial charge in [-0.05, 0) is 90.7 Å². The van der Waals surface area contributed by atoms with Crippen molar-refractivity contribution in [2.24, 2.45) is 0 Å². The van der Waals surface area contributed by atoms with Crippen LogP contribution in [0.3, 0.4) is 0 Å². The number of ketones is 1. The Hall–Kier alpha value is -3.77. The summed E-state index contributed by atoms with van der Waals surface area (Å²) in [6, 6.07) is 20.2. The van der Waals surface area contributed by atoms with Gasteiger partial charge in [0.2, 0.25) is 0 Å². The van der Waals surface area contributed by atoms with Gasteiger partial charge in [0.05, 0.1) is 13.7 Å². The van der Waals surface area contributed by atoms with Crippen LogP contribution in [0.25, 0.3) is 21.9 Å². The van der Waals surface area contributed by atoms with Gasteiger partial charge in [-0.15, -0.1) is 0 Å². The summed E-state index contributed by atoms with van der Waals surface area (Å²) in [5.74, 6) is -0.907. The Kier molecular flexibility index (Phi) is 7.47. The van der Waals surface area contributed by atoms with Crippen LogP contribution in [0.5, 0.6) is 11.5 Å². The number of benzene rings is 4. The normalized spacial score (nSPS) is 15.5. The van der Waals surface area contributed by atoms with Crippen LogP contribution in [0.15, 0.2) is 72.8 Å². The molecule has 0 spiro atoms. The first-order chi connectivity index (χ1) is 18.0. The zero-order chi connectivity index (χ0) is 25.8. The molecule has 6 heteroatoms. The number of halogens is 2. The van der Waals surface area contributed by atoms with E-state index in [9.17, 15) is 13.6 Å². The highest BCUT2D eigenvalue weighted by molar-refractivity contribution is 6.20. The average Bonchev–Trinajstić information content (AvgIpc) is 2.94. The molecular weight excluding hydrogens is 472 g/mol. The molecular formula is C31H29F2NO3. The quantitative estimate of drug-likeness (QED) is 0.266. The molecule has 5 rings (SSSR count). The first-order valence-electron chi connectivity index (χ1n) is 12.6. The van der Waals surface area contributed by atoms with Gasteiger partial charge in [0.15, 0.2) is 17.4 Å². The highest BCUT2D eigenvalue weighted by atomic mass is 19.2. The third-order valence-electron chi connectivity index (χ3n) is 6.96. The van der Waals surface area contributed by atoms with Crippen LogP contribution in [0.2, 0.25) is 0 Å². The molecule has 1 unspecified atom stereocenters. The number of ether oxygens (including phenoxy) is 2. The van der Waals surface area contributed by atoms with E-state index in [-0.39, 0.29) is 11.3 Å². The lowest BCUT2D eigenvalue weighted by atomic mass is 9.89. The Bertz CT molecular complexity index is 1410. The second kappa shape index (κ2) is 11.1. The van der Waals surface area contributed by atoms with Gasteiger partial charge in [-0.3, -0.25) is 4.79 Å². The van der Waals surface area contributed by atoms with E-state index in [0.29, 0.717) is 46.2 Å². The molecule has 0 aromatic heterocycles. The van der Waals surface area contributed by atoms with Crippen molar-refractivity contribution < 1.29 is 23.0 Å². The number of rotatable bonds is 8. The molecule has 1 aliphatic heterocycles. The monoisotopic (exact) mass is 501 g/mol. The second-order valence-electron chi connectivity index (χ2n) is 9.31. The Balaban J connectivity index is 1.46. The largest absolute Gasteiger partial charge is 0.497 e. The molecule has 0 radical (unpaired) electrons. The standard InChI is InChI=1S/C31H29F2NO3/c1-36-24-13-15-25-21(19-24)10-14-26(27-6-4-7-28(32)30(27)33)29(25)31(35)20-8-11-23(12-9-20)37-18-16-22-5-2-3-17-34-22/h4,6-15,19,22,34H,2-3,5,16-18H2,1H3. The minimum atomic E-state index is -0.986. The van der Waals surface area contributed by atoms with Gasteiger partial charge in [0.25, 0.3) is 0 Å². The number of piperidine rings is 1. The molecule has 0 amide bonds. The van der Waals surface area contributed by atoms with Gasteiger partial charge in [0.1, 0.15) is 11.5 Å². The van der Waals surface area contributed by atoms with Crippen molar-refractivity contribution in [2.75, 3.05) is 20.3 Å². The van der Waals surface area contributed by atoms with Gasteiger partial charge in [-0.1, -0.05) is 30.7 Å². The lowest BCUT2D eigenvalue weighted by Crippen LogP contribution is -2.35. The zero-order valence-corrected chi connectivity index (χ0v) is 20.7. The topological polar surface area (TPSA) is 47.6 Å². The first-order valence-corrected chi connectivity index (χ1v) is 12.6. The van der Waals surface area contributed by atoms with Crippen molar-refractivity contribution in [3.63, 3.8) is 0 Å². The van der Waals surface area contributed by atoms with E-state index in [1.807, 2.05) is 6.07 Å². The summed E-state index contributed by atoms with van der Waals surface area (Å²) in [5, 5.41) is 4.91. The van der Waals surface area contributed by atoms with E-state index in [1.165, 1.54) is 31.4 Å². The maximum Gasteiger partial charge on any atom is 0.194 e. The second-order valence-corrected chi connectivity index (χ2v) is 9.31. The van der Waals surface area contributed by atoms with Crippen LogP contribution in [0, 0.1) is 11.6 Å². The molecule has 1 saturated heterocycles. The van der Waals surface area contributed by atoms with Crippen molar-refractivity contribution in [2.45, 2.75) is 31.7 Å². The van der Waals surface area contributed by atoms with E-state index >= 15 is 0 Å². The maximum absolute atomic E-state index is 14.8. The van der Waals surface area contributed by atoms with E-state index in [2.05, 4.69) is 5.32 Å². The minimum Gasteiger partial charge on any atom is -0.497 e. The van der Waals surface area contributed by atoms with Crippen molar-refractivity contribution in [1.29, 1.82) is 0 Å². The lowest BCUT2D eigenvalue weighted by Gasteiger charge is -2.23. The number of nitrogens with one attached hydrogen (secondary N) is 1. The molecule has 0 aliphatic carbocycles. The van der Waals surface area contributed by atoms with Gasteiger partial charge >= 0.3 is 0 Å². The van der Waals surface area contributed by atoms with Crippen molar-refractivity contribution in [1.82, 2.24) is 5.32 Å². The third-order valence-corrected chi connectivity index (χ3v) is 6.96. The summed E-state index contributed by atoms with van der Waals surface area (Å²) >= 11 is 0. The van der Waals surface area contributed by atoms with Crippen LogP contribution in [0.4, 0.5) is 8.78 Å². The van der Waals surface area contributed by atoms with Crippen molar-refractivity contribution >= 4 is 16.6 Å². The Morgan fingerprint density at radius 1 is 0.946 bits per heavy atom. The first kappa shape index (κ1) is 24.9. The lowest BCUT2D eigenvalue weighted by molar-refractivity contribution is 0.104. The number of carbonyl (C=O) groups excluding carboxylic acids is 1. The Labute approximate surface area is 215 Å². The average molecular weight is 502 g/mol. The minimum absolute atomic E-state index is 0.0392. The van der Waals surface area contributed by atoms with Crippen LogP contribution in [0.1, 0.15) is 41.6 Å². The van der Waals surface area contributed by atoms with Crippen LogP contribution in [-0.4, -0.2) is 32.1 Å². The van der Waals surface area contributed by atoms with Gasteiger partial charge in [0, 0.05) is 22.7 Å². The molecule has 1 fully saturated rings. The predicted molar refractivity (Wildman–Crippen MR) is 141 cm³/mol. The Morgan fingerprint density at radius 3 is 2.51 bits per heavy atom. The fourth-order valence-corrected chi connectivity index (χ4v) is 4.95. The highest BCUT2D eigenvalue weighted by Gasteiger charge is 2.22. The van der Waals surface area contributed by atoms with E-state index < -0.39 is 11.6 Å².